The predicted octanol–water partition coefficient (Wildman–Crippen LogP) is 7.27. The van der Waals surface area contributed by atoms with Gasteiger partial charge in [-0.2, -0.15) is 0 Å². The first kappa shape index (κ1) is 15.9. The van der Waals surface area contributed by atoms with Gasteiger partial charge in [0.2, 0.25) is 0 Å². The average molecular weight is 324 g/mol. The van der Waals surface area contributed by atoms with Gasteiger partial charge in [-0.15, -0.1) is 0 Å². The van der Waals surface area contributed by atoms with Crippen LogP contribution in [0.3, 0.4) is 0 Å². The summed E-state index contributed by atoms with van der Waals surface area (Å²) < 4.78 is 0. The normalized spacial score (nSPS) is 12.0. The van der Waals surface area contributed by atoms with Crippen LogP contribution in [-0.2, 0) is 5.41 Å². The standard InChI is InChI=1S/C25H24/c1-17-20-12-8-9-13-21(20)24(18-10-6-5-7-11-18)22-15-14-19(16-23(17)22)25(2,3)4/h5-16H,1-4H3. The molecule has 0 nitrogen and oxygen atoms in total. The van der Waals surface area contributed by atoms with Gasteiger partial charge in [0.05, 0.1) is 0 Å². The Morgan fingerprint density at radius 1 is 0.600 bits per heavy atom. The molecule has 0 saturated heterocycles. The van der Waals surface area contributed by atoms with Crippen molar-refractivity contribution in [1.82, 2.24) is 0 Å². The van der Waals surface area contributed by atoms with Crippen molar-refractivity contribution in [3.63, 3.8) is 0 Å². The van der Waals surface area contributed by atoms with Crippen molar-refractivity contribution in [2.75, 3.05) is 0 Å². The Morgan fingerprint density at radius 3 is 1.88 bits per heavy atom. The van der Waals surface area contributed by atoms with Gasteiger partial charge in [-0.05, 0) is 56.1 Å². The summed E-state index contributed by atoms with van der Waals surface area (Å²) in [5.74, 6) is 0. The third-order valence-corrected chi connectivity index (χ3v) is 5.22. The van der Waals surface area contributed by atoms with Gasteiger partial charge < -0.3 is 0 Å². The smallest absolute Gasteiger partial charge is 0.00266 e. The molecule has 4 rings (SSSR count). The van der Waals surface area contributed by atoms with E-state index in [9.17, 15) is 0 Å². The monoisotopic (exact) mass is 324 g/mol. The fraction of sp³-hybridized carbons (Fsp3) is 0.200. The minimum absolute atomic E-state index is 0.152. The molecule has 0 spiro atoms. The Labute approximate surface area is 150 Å². The van der Waals surface area contributed by atoms with Crippen LogP contribution in [0.1, 0.15) is 31.9 Å². The molecule has 0 N–H and O–H groups in total. The van der Waals surface area contributed by atoms with Crippen molar-refractivity contribution >= 4 is 21.5 Å². The molecule has 0 heteroatoms. The van der Waals surface area contributed by atoms with Gasteiger partial charge in [-0.1, -0.05) is 93.6 Å². The molecule has 0 aliphatic carbocycles. The van der Waals surface area contributed by atoms with Crippen molar-refractivity contribution in [3.8, 4) is 11.1 Å². The Balaban J connectivity index is 2.19. The average Bonchev–Trinajstić information content (AvgIpc) is 2.62. The highest BCUT2D eigenvalue weighted by molar-refractivity contribution is 6.15. The Bertz CT molecular complexity index is 1060. The van der Waals surface area contributed by atoms with Crippen LogP contribution < -0.4 is 0 Å². The van der Waals surface area contributed by atoms with Crippen molar-refractivity contribution in [2.45, 2.75) is 33.1 Å². The van der Waals surface area contributed by atoms with Crippen LogP contribution in [-0.4, -0.2) is 0 Å². The minimum Gasteiger partial charge on any atom is -0.0622 e. The van der Waals surface area contributed by atoms with Crippen LogP contribution in [0, 0.1) is 6.92 Å². The van der Waals surface area contributed by atoms with Crippen LogP contribution >= 0.6 is 0 Å². The van der Waals surface area contributed by atoms with E-state index >= 15 is 0 Å². The first-order chi connectivity index (χ1) is 12.0. The molecule has 4 aromatic carbocycles. The molecule has 4 aromatic rings. The van der Waals surface area contributed by atoms with E-state index in [0.717, 1.165) is 0 Å². The maximum Gasteiger partial charge on any atom is -0.00266 e. The lowest BCUT2D eigenvalue weighted by molar-refractivity contribution is 0.591. The highest BCUT2D eigenvalue weighted by Crippen LogP contribution is 2.40. The van der Waals surface area contributed by atoms with Crippen LogP contribution in [0.2, 0.25) is 0 Å². The molecule has 0 amide bonds. The molecule has 0 bridgehead atoms. The van der Waals surface area contributed by atoms with Gasteiger partial charge >= 0.3 is 0 Å². The minimum atomic E-state index is 0.152. The summed E-state index contributed by atoms with van der Waals surface area (Å²) >= 11 is 0. The van der Waals surface area contributed by atoms with E-state index in [1.807, 2.05) is 0 Å². The van der Waals surface area contributed by atoms with Crippen molar-refractivity contribution in [3.05, 3.63) is 83.9 Å². The lowest BCUT2D eigenvalue weighted by Gasteiger charge is -2.22. The fourth-order valence-electron chi connectivity index (χ4n) is 3.77. The summed E-state index contributed by atoms with van der Waals surface area (Å²) in [6.07, 6.45) is 0. The van der Waals surface area contributed by atoms with E-state index in [-0.39, 0.29) is 5.41 Å². The van der Waals surface area contributed by atoms with Gasteiger partial charge in [0.25, 0.3) is 0 Å². The van der Waals surface area contributed by atoms with E-state index in [2.05, 4.69) is 100 Å². The second-order valence-electron chi connectivity index (χ2n) is 7.92. The summed E-state index contributed by atoms with van der Waals surface area (Å²) in [7, 11) is 0. The number of rotatable bonds is 1. The van der Waals surface area contributed by atoms with Gasteiger partial charge in [-0.25, -0.2) is 0 Å². The molecule has 0 unspecified atom stereocenters. The van der Waals surface area contributed by atoms with Crippen molar-refractivity contribution < 1.29 is 0 Å². The summed E-state index contributed by atoms with van der Waals surface area (Å²) in [6, 6.07) is 26.6. The first-order valence-corrected chi connectivity index (χ1v) is 8.98. The maximum absolute atomic E-state index is 2.39. The molecule has 25 heavy (non-hydrogen) atoms. The summed E-state index contributed by atoms with van der Waals surface area (Å²) in [4.78, 5) is 0. The van der Waals surface area contributed by atoms with Crippen molar-refractivity contribution in [1.29, 1.82) is 0 Å². The van der Waals surface area contributed by atoms with Crippen LogP contribution in [0.4, 0.5) is 0 Å². The third kappa shape index (κ3) is 2.62. The first-order valence-electron chi connectivity index (χ1n) is 8.98. The molecule has 0 heterocycles. The van der Waals surface area contributed by atoms with E-state index in [1.165, 1.54) is 43.8 Å². The van der Waals surface area contributed by atoms with Gasteiger partial charge in [0.15, 0.2) is 0 Å². The fourth-order valence-corrected chi connectivity index (χ4v) is 3.77. The number of hydrogen-bond donors (Lipinski definition) is 0. The summed E-state index contributed by atoms with van der Waals surface area (Å²) in [5.41, 5.74) is 5.54. The summed E-state index contributed by atoms with van der Waals surface area (Å²) in [5, 5.41) is 5.39. The second kappa shape index (κ2) is 5.74. The number of fused-ring (bicyclic) bond motifs is 2. The molecule has 0 aliphatic rings. The van der Waals surface area contributed by atoms with E-state index < -0.39 is 0 Å². The van der Waals surface area contributed by atoms with Crippen LogP contribution in [0.25, 0.3) is 32.7 Å². The van der Waals surface area contributed by atoms with E-state index in [0.29, 0.717) is 0 Å². The maximum atomic E-state index is 2.39. The third-order valence-electron chi connectivity index (χ3n) is 5.22. The zero-order valence-electron chi connectivity index (χ0n) is 15.4. The molecule has 0 aliphatic heterocycles. The van der Waals surface area contributed by atoms with Gasteiger partial charge in [0, 0.05) is 0 Å². The SMILES string of the molecule is Cc1c2ccccc2c(-c2ccccc2)c2ccc(C(C)(C)C)cc12. The molecular weight excluding hydrogens is 300 g/mol. The topological polar surface area (TPSA) is 0 Å². The number of aryl methyl sites for hydroxylation is 1. The molecule has 0 aromatic heterocycles. The zero-order chi connectivity index (χ0) is 17.6. The van der Waals surface area contributed by atoms with Crippen molar-refractivity contribution in [2.24, 2.45) is 0 Å². The van der Waals surface area contributed by atoms with E-state index in [1.54, 1.807) is 0 Å². The van der Waals surface area contributed by atoms with E-state index in [4.69, 9.17) is 0 Å². The highest BCUT2D eigenvalue weighted by Gasteiger charge is 2.17. The summed E-state index contributed by atoms with van der Waals surface area (Å²) in [6.45, 7) is 9.10. The second-order valence-corrected chi connectivity index (χ2v) is 7.92. The molecule has 0 radical (unpaired) electrons. The molecule has 0 atom stereocenters. The van der Waals surface area contributed by atoms with Crippen LogP contribution in [0.5, 0.6) is 0 Å². The lowest BCUT2D eigenvalue weighted by atomic mass is 9.83. The number of benzene rings is 4. The van der Waals surface area contributed by atoms with Gasteiger partial charge in [-0.3, -0.25) is 0 Å². The molecule has 0 fully saturated rings. The van der Waals surface area contributed by atoms with Crippen LogP contribution in [0.15, 0.2) is 72.8 Å². The number of hydrogen-bond acceptors (Lipinski definition) is 0. The largest absolute Gasteiger partial charge is 0.0622 e. The quantitative estimate of drug-likeness (QED) is 0.323. The highest BCUT2D eigenvalue weighted by atomic mass is 14.2. The molecule has 0 saturated carbocycles. The lowest BCUT2D eigenvalue weighted by Crippen LogP contribution is -2.10. The Morgan fingerprint density at radius 2 is 1.20 bits per heavy atom. The zero-order valence-corrected chi connectivity index (χ0v) is 15.4. The Kier molecular flexibility index (Phi) is 3.65. The van der Waals surface area contributed by atoms with Gasteiger partial charge in [0.1, 0.15) is 0 Å². The molecular formula is C25H24. The predicted molar refractivity (Wildman–Crippen MR) is 110 cm³/mol. The molecule has 124 valence electrons. The Hall–Kier alpha value is -2.60.